The summed E-state index contributed by atoms with van der Waals surface area (Å²) >= 11 is 1.28. The van der Waals surface area contributed by atoms with Gasteiger partial charge < -0.3 is 10.4 Å². The van der Waals surface area contributed by atoms with Crippen molar-refractivity contribution in [3.63, 3.8) is 0 Å². The Morgan fingerprint density at radius 2 is 1.95 bits per heavy atom. The number of amides is 1. The summed E-state index contributed by atoms with van der Waals surface area (Å²) < 4.78 is 0. The minimum atomic E-state index is -0.831. The van der Waals surface area contributed by atoms with Crippen LogP contribution in [0.3, 0.4) is 0 Å². The normalized spacial score (nSPS) is 13.5. The number of carbonyl (C=O) groups is 2. The fourth-order valence-electron chi connectivity index (χ4n) is 1.95. The highest BCUT2D eigenvalue weighted by Gasteiger charge is 2.19. The van der Waals surface area contributed by atoms with Gasteiger partial charge in [0.15, 0.2) is 0 Å². The summed E-state index contributed by atoms with van der Waals surface area (Å²) in [6.07, 6.45) is 2.34. The Morgan fingerprint density at radius 1 is 1.29 bits per heavy atom. The van der Waals surface area contributed by atoms with Crippen molar-refractivity contribution in [3.8, 4) is 0 Å². The van der Waals surface area contributed by atoms with E-state index in [0.717, 1.165) is 17.7 Å². The molecule has 0 fully saturated rings. The number of anilines is 1. The van der Waals surface area contributed by atoms with Gasteiger partial charge in [0.2, 0.25) is 5.91 Å². The SMILES string of the molecule is CCC[C@@H](C)C(=O)Nc1ccccc1S[C@H](CC)C(=O)O. The number of benzene rings is 1. The first-order valence-corrected chi connectivity index (χ1v) is 8.16. The van der Waals surface area contributed by atoms with Gasteiger partial charge in [-0.3, -0.25) is 9.59 Å². The Kier molecular flexibility index (Phi) is 7.29. The van der Waals surface area contributed by atoms with Gasteiger partial charge in [0.1, 0.15) is 5.25 Å². The number of aliphatic carboxylic acids is 1. The lowest BCUT2D eigenvalue weighted by Crippen LogP contribution is -2.21. The standard InChI is InChI=1S/C16H23NO3S/c1-4-8-11(3)15(18)17-12-9-6-7-10-14(12)21-13(5-2)16(19)20/h6-7,9-11,13H,4-5,8H2,1-3H3,(H,17,18)(H,19,20)/t11-,13-/m1/s1. The van der Waals surface area contributed by atoms with Crippen LogP contribution in [-0.4, -0.2) is 22.2 Å². The van der Waals surface area contributed by atoms with Crippen molar-refractivity contribution in [2.24, 2.45) is 5.92 Å². The molecule has 0 unspecified atom stereocenters. The zero-order valence-corrected chi connectivity index (χ0v) is 13.6. The second-order valence-electron chi connectivity index (χ2n) is 5.03. The molecule has 21 heavy (non-hydrogen) atoms. The van der Waals surface area contributed by atoms with Crippen molar-refractivity contribution in [1.29, 1.82) is 0 Å². The average Bonchev–Trinajstić information content (AvgIpc) is 2.46. The Hall–Kier alpha value is -1.49. The highest BCUT2D eigenvalue weighted by molar-refractivity contribution is 8.00. The molecule has 0 bridgehead atoms. The van der Waals surface area contributed by atoms with Crippen LogP contribution in [0.25, 0.3) is 0 Å². The van der Waals surface area contributed by atoms with Gasteiger partial charge in [-0.25, -0.2) is 0 Å². The number of rotatable bonds is 8. The molecule has 1 rings (SSSR count). The molecule has 0 radical (unpaired) electrons. The van der Waals surface area contributed by atoms with Crippen molar-refractivity contribution >= 4 is 29.3 Å². The maximum absolute atomic E-state index is 12.1. The summed E-state index contributed by atoms with van der Waals surface area (Å²) in [4.78, 5) is 24.1. The van der Waals surface area contributed by atoms with E-state index in [1.54, 1.807) is 0 Å². The predicted molar refractivity (Wildman–Crippen MR) is 86.7 cm³/mol. The summed E-state index contributed by atoms with van der Waals surface area (Å²) in [5, 5.41) is 11.6. The van der Waals surface area contributed by atoms with Crippen molar-refractivity contribution in [3.05, 3.63) is 24.3 Å². The van der Waals surface area contributed by atoms with Crippen LogP contribution in [0.15, 0.2) is 29.2 Å². The Labute approximate surface area is 130 Å². The van der Waals surface area contributed by atoms with E-state index in [2.05, 4.69) is 5.32 Å². The lowest BCUT2D eigenvalue weighted by molar-refractivity contribution is -0.136. The van der Waals surface area contributed by atoms with E-state index in [1.807, 2.05) is 45.0 Å². The largest absolute Gasteiger partial charge is 0.480 e. The molecule has 1 amide bonds. The third kappa shape index (κ3) is 5.42. The van der Waals surface area contributed by atoms with E-state index in [9.17, 15) is 9.59 Å². The number of thioether (sulfide) groups is 1. The predicted octanol–water partition coefficient (Wildman–Crippen LogP) is 4.02. The van der Waals surface area contributed by atoms with Crippen LogP contribution in [0.2, 0.25) is 0 Å². The molecule has 0 saturated carbocycles. The Bertz CT molecular complexity index is 490. The minimum Gasteiger partial charge on any atom is -0.480 e. The smallest absolute Gasteiger partial charge is 0.316 e. The van der Waals surface area contributed by atoms with Crippen LogP contribution in [0.5, 0.6) is 0 Å². The van der Waals surface area contributed by atoms with Crippen molar-refractivity contribution in [1.82, 2.24) is 0 Å². The molecule has 1 aromatic carbocycles. The topological polar surface area (TPSA) is 66.4 Å². The van der Waals surface area contributed by atoms with Crippen LogP contribution < -0.4 is 5.32 Å². The van der Waals surface area contributed by atoms with Crippen molar-refractivity contribution in [2.75, 3.05) is 5.32 Å². The number of carbonyl (C=O) groups excluding carboxylic acids is 1. The van der Waals surface area contributed by atoms with E-state index < -0.39 is 11.2 Å². The number of carboxylic acid groups (broad SMARTS) is 1. The highest BCUT2D eigenvalue weighted by atomic mass is 32.2. The van der Waals surface area contributed by atoms with Gasteiger partial charge in [-0.1, -0.05) is 39.3 Å². The zero-order valence-electron chi connectivity index (χ0n) is 12.8. The molecule has 0 aliphatic heterocycles. The van der Waals surface area contributed by atoms with E-state index in [0.29, 0.717) is 12.1 Å². The van der Waals surface area contributed by atoms with Gasteiger partial charge in [0, 0.05) is 10.8 Å². The fraction of sp³-hybridized carbons (Fsp3) is 0.500. The number of nitrogens with one attached hydrogen (secondary N) is 1. The van der Waals surface area contributed by atoms with E-state index in [1.165, 1.54) is 11.8 Å². The first kappa shape index (κ1) is 17.6. The molecule has 0 aliphatic rings. The molecule has 2 N–H and O–H groups in total. The molecule has 0 heterocycles. The van der Waals surface area contributed by atoms with E-state index in [-0.39, 0.29) is 11.8 Å². The van der Waals surface area contributed by atoms with Gasteiger partial charge in [-0.05, 0) is 25.0 Å². The van der Waals surface area contributed by atoms with Crippen molar-refractivity contribution in [2.45, 2.75) is 50.2 Å². The van der Waals surface area contributed by atoms with Gasteiger partial charge in [-0.15, -0.1) is 11.8 Å². The number of hydrogen-bond acceptors (Lipinski definition) is 3. The summed E-state index contributed by atoms with van der Waals surface area (Å²) in [5.41, 5.74) is 0.690. The van der Waals surface area contributed by atoms with Gasteiger partial charge in [-0.2, -0.15) is 0 Å². The number of hydrogen-bond donors (Lipinski definition) is 2. The van der Waals surface area contributed by atoms with Crippen molar-refractivity contribution < 1.29 is 14.7 Å². The molecule has 5 heteroatoms. The maximum Gasteiger partial charge on any atom is 0.316 e. The molecule has 4 nitrogen and oxygen atoms in total. The first-order chi connectivity index (χ1) is 9.99. The third-order valence-electron chi connectivity index (χ3n) is 3.23. The second-order valence-corrected chi connectivity index (χ2v) is 6.27. The van der Waals surface area contributed by atoms with Crippen LogP contribution in [0.4, 0.5) is 5.69 Å². The molecular formula is C16H23NO3S. The monoisotopic (exact) mass is 309 g/mol. The highest BCUT2D eigenvalue weighted by Crippen LogP contribution is 2.32. The maximum atomic E-state index is 12.1. The second kappa shape index (κ2) is 8.72. The molecule has 0 aromatic heterocycles. The first-order valence-electron chi connectivity index (χ1n) is 7.28. The zero-order chi connectivity index (χ0) is 15.8. The van der Waals surface area contributed by atoms with Gasteiger partial charge >= 0.3 is 5.97 Å². The van der Waals surface area contributed by atoms with Gasteiger partial charge in [0.05, 0.1) is 5.69 Å². The molecule has 2 atom stereocenters. The molecule has 1 aromatic rings. The number of carboxylic acids is 1. The van der Waals surface area contributed by atoms with Gasteiger partial charge in [0.25, 0.3) is 0 Å². The summed E-state index contributed by atoms with van der Waals surface area (Å²) in [7, 11) is 0. The molecule has 116 valence electrons. The van der Waals surface area contributed by atoms with E-state index >= 15 is 0 Å². The molecular weight excluding hydrogens is 286 g/mol. The summed E-state index contributed by atoms with van der Waals surface area (Å²) in [6, 6.07) is 7.34. The van der Waals surface area contributed by atoms with E-state index in [4.69, 9.17) is 5.11 Å². The van der Waals surface area contributed by atoms with Crippen LogP contribution in [0, 0.1) is 5.92 Å². The third-order valence-corrected chi connectivity index (χ3v) is 4.66. The Balaban J connectivity index is 2.84. The molecule has 0 spiro atoms. The van der Waals surface area contributed by atoms with Crippen LogP contribution >= 0.6 is 11.8 Å². The Morgan fingerprint density at radius 3 is 2.52 bits per heavy atom. The molecule has 0 aliphatic carbocycles. The summed E-state index contributed by atoms with van der Waals surface area (Å²) in [6.45, 7) is 5.79. The van der Waals surface area contributed by atoms with Crippen LogP contribution in [0.1, 0.15) is 40.0 Å². The minimum absolute atomic E-state index is 0.0201. The molecule has 0 saturated heterocycles. The fourth-order valence-corrected chi connectivity index (χ4v) is 2.93. The lowest BCUT2D eigenvalue weighted by atomic mass is 10.1. The average molecular weight is 309 g/mol. The van der Waals surface area contributed by atoms with Crippen LogP contribution in [-0.2, 0) is 9.59 Å². The quantitative estimate of drug-likeness (QED) is 0.712. The number of para-hydroxylation sites is 1. The summed E-state index contributed by atoms with van der Waals surface area (Å²) in [5.74, 6) is -0.897. The lowest BCUT2D eigenvalue weighted by Gasteiger charge is -2.16.